The lowest BCUT2D eigenvalue weighted by atomic mass is 9.95. The summed E-state index contributed by atoms with van der Waals surface area (Å²) in [6.07, 6.45) is 5.70. The van der Waals surface area contributed by atoms with Gasteiger partial charge in [0.25, 0.3) is 0 Å². The molecule has 2 heterocycles. The monoisotopic (exact) mass is 244 g/mol. The molecular weight excluding hydrogens is 224 g/mol. The third-order valence-corrected chi connectivity index (χ3v) is 3.81. The quantitative estimate of drug-likeness (QED) is 0.867. The van der Waals surface area contributed by atoms with E-state index in [1.165, 1.54) is 37.7 Å². The number of nitrogens with one attached hydrogen (secondary N) is 2. The van der Waals surface area contributed by atoms with Crippen LogP contribution in [0, 0.1) is 5.92 Å². The van der Waals surface area contributed by atoms with Crippen molar-refractivity contribution in [3.05, 3.63) is 30.5 Å². The summed E-state index contributed by atoms with van der Waals surface area (Å²) < 4.78 is 5.52. The fraction of sp³-hybridized carbons (Fsp3) is 0.467. The van der Waals surface area contributed by atoms with Gasteiger partial charge in [0.05, 0.1) is 5.69 Å². The smallest absolute Gasteiger partial charge is 0.136 e. The van der Waals surface area contributed by atoms with Crippen molar-refractivity contribution in [1.82, 2.24) is 5.32 Å². The van der Waals surface area contributed by atoms with Crippen LogP contribution in [-0.2, 0) is 0 Å². The number of para-hydroxylation sites is 1. The van der Waals surface area contributed by atoms with Gasteiger partial charge in [0, 0.05) is 11.9 Å². The van der Waals surface area contributed by atoms with E-state index in [1.807, 2.05) is 18.4 Å². The van der Waals surface area contributed by atoms with Crippen molar-refractivity contribution in [3.63, 3.8) is 0 Å². The van der Waals surface area contributed by atoms with Crippen molar-refractivity contribution in [2.24, 2.45) is 5.92 Å². The van der Waals surface area contributed by atoms with E-state index in [0.29, 0.717) is 0 Å². The zero-order valence-electron chi connectivity index (χ0n) is 10.6. The van der Waals surface area contributed by atoms with Crippen molar-refractivity contribution < 1.29 is 4.42 Å². The lowest BCUT2D eigenvalue weighted by Gasteiger charge is -2.22. The Labute approximate surface area is 108 Å². The predicted octanol–water partition coefficient (Wildman–Crippen LogP) is 3.23. The number of hydrogen-bond acceptors (Lipinski definition) is 3. The van der Waals surface area contributed by atoms with Gasteiger partial charge in [0.2, 0.25) is 0 Å². The molecule has 1 fully saturated rings. The van der Waals surface area contributed by atoms with Crippen LogP contribution in [0.4, 0.5) is 5.69 Å². The van der Waals surface area contributed by atoms with Gasteiger partial charge >= 0.3 is 0 Å². The third kappa shape index (κ3) is 2.51. The van der Waals surface area contributed by atoms with Crippen LogP contribution in [0.15, 0.2) is 34.9 Å². The molecular formula is C15H20N2O. The molecule has 0 unspecified atom stereocenters. The Morgan fingerprint density at radius 2 is 2.06 bits per heavy atom. The van der Waals surface area contributed by atoms with Crippen LogP contribution < -0.4 is 10.6 Å². The summed E-state index contributed by atoms with van der Waals surface area (Å²) in [5, 5.41) is 8.09. The van der Waals surface area contributed by atoms with E-state index < -0.39 is 0 Å². The number of fused-ring (bicyclic) bond motifs is 1. The summed E-state index contributed by atoms with van der Waals surface area (Å²) in [6, 6.07) is 8.17. The van der Waals surface area contributed by atoms with Crippen LogP contribution in [0.5, 0.6) is 0 Å². The number of furan rings is 1. The fourth-order valence-electron chi connectivity index (χ4n) is 2.70. The molecule has 3 rings (SSSR count). The first-order valence-electron chi connectivity index (χ1n) is 6.84. The molecule has 0 amide bonds. The Balaban J connectivity index is 1.56. The first-order valence-corrected chi connectivity index (χ1v) is 6.84. The lowest BCUT2D eigenvalue weighted by Crippen LogP contribution is -2.28. The van der Waals surface area contributed by atoms with Crippen LogP contribution in [-0.4, -0.2) is 19.6 Å². The highest BCUT2D eigenvalue weighted by Gasteiger charge is 2.12. The minimum atomic E-state index is 0.872. The van der Waals surface area contributed by atoms with Gasteiger partial charge < -0.3 is 15.1 Å². The molecule has 0 spiro atoms. The minimum absolute atomic E-state index is 0.872. The van der Waals surface area contributed by atoms with Crippen molar-refractivity contribution in [2.75, 3.05) is 25.0 Å². The van der Waals surface area contributed by atoms with Gasteiger partial charge in [-0.1, -0.05) is 12.1 Å². The molecule has 3 heteroatoms. The number of anilines is 1. The molecule has 1 aliphatic rings. The number of piperidine rings is 1. The minimum Gasteiger partial charge on any atom is -0.462 e. The molecule has 0 saturated carbocycles. The number of rotatable bonds is 4. The highest BCUT2D eigenvalue weighted by atomic mass is 16.3. The van der Waals surface area contributed by atoms with E-state index in [4.69, 9.17) is 4.42 Å². The van der Waals surface area contributed by atoms with Crippen molar-refractivity contribution >= 4 is 16.7 Å². The highest BCUT2D eigenvalue weighted by Crippen LogP contribution is 2.25. The van der Waals surface area contributed by atoms with Crippen molar-refractivity contribution in [2.45, 2.75) is 19.3 Å². The van der Waals surface area contributed by atoms with E-state index >= 15 is 0 Å². The normalized spacial score (nSPS) is 17.1. The molecule has 1 aromatic heterocycles. The standard InChI is InChI=1S/C15H20N2O/c1-2-4-15-13(3-1)14(11-18-15)17-10-7-12-5-8-16-9-6-12/h1-4,11-12,16-17H,5-10H2. The van der Waals surface area contributed by atoms with Crippen LogP contribution in [0.2, 0.25) is 0 Å². The van der Waals surface area contributed by atoms with Gasteiger partial charge in [-0.05, 0) is 50.4 Å². The summed E-state index contributed by atoms with van der Waals surface area (Å²) in [6.45, 7) is 3.40. The second-order valence-corrected chi connectivity index (χ2v) is 5.05. The van der Waals surface area contributed by atoms with Crippen LogP contribution in [0.1, 0.15) is 19.3 Å². The highest BCUT2D eigenvalue weighted by molar-refractivity contribution is 5.90. The molecule has 2 aromatic rings. The van der Waals surface area contributed by atoms with Crippen LogP contribution >= 0.6 is 0 Å². The number of benzene rings is 1. The summed E-state index contributed by atoms with van der Waals surface area (Å²) in [4.78, 5) is 0. The first kappa shape index (κ1) is 11.6. The Hall–Kier alpha value is -1.48. The molecule has 0 bridgehead atoms. The van der Waals surface area contributed by atoms with Gasteiger partial charge in [0.1, 0.15) is 11.8 Å². The largest absolute Gasteiger partial charge is 0.462 e. The molecule has 1 aromatic carbocycles. The Kier molecular flexibility index (Phi) is 3.51. The van der Waals surface area contributed by atoms with E-state index in [2.05, 4.69) is 22.8 Å². The third-order valence-electron chi connectivity index (χ3n) is 3.81. The van der Waals surface area contributed by atoms with Crippen LogP contribution in [0.3, 0.4) is 0 Å². The number of hydrogen-bond donors (Lipinski definition) is 2. The molecule has 0 radical (unpaired) electrons. The molecule has 0 aliphatic carbocycles. The maximum atomic E-state index is 5.52. The molecule has 2 N–H and O–H groups in total. The molecule has 18 heavy (non-hydrogen) atoms. The van der Waals surface area contributed by atoms with Gasteiger partial charge in [0.15, 0.2) is 0 Å². The Bertz CT molecular complexity index is 500. The average molecular weight is 244 g/mol. The fourth-order valence-corrected chi connectivity index (χ4v) is 2.70. The summed E-state index contributed by atoms with van der Waals surface area (Å²) in [7, 11) is 0. The molecule has 3 nitrogen and oxygen atoms in total. The Morgan fingerprint density at radius 3 is 2.94 bits per heavy atom. The van der Waals surface area contributed by atoms with Gasteiger partial charge in [-0.25, -0.2) is 0 Å². The molecule has 1 aliphatic heterocycles. The SMILES string of the molecule is c1ccc2c(NCCC3CCNCC3)coc2c1. The van der Waals surface area contributed by atoms with Gasteiger partial charge in [-0.2, -0.15) is 0 Å². The summed E-state index contributed by atoms with van der Waals surface area (Å²) >= 11 is 0. The predicted molar refractivity (Wildman–Crippen MR) is 74.9 cm³/mol. The van der Waals surface area contributed by atoms with Gasteiger partial charge in [-0.15, -0.1) is 0 Å². The second kappa shape index (κ2) is 5.44. The molecule has 1 saturated heterocycles. The van der Waals surface area contributed by atoms with Crippen LogP contribution in [0.25, 0.3) is 11.0 Å². The molecule has 96 valence electrons. The average Bonchev–Trinajstić information content (AvgIpc) is 2.84. The maximum absolute atomic E-state index is 5.52. The van der Waals surface area contributed by atoms with Crippen molar-refractivity contribution in [1.29, 1.82) is 0 Å². The lowest BCUT2D eigenvalue weighted by molar-refractivity contribution is 0.361. The summed E-state index contributed by atoms with van der Waals surface area (Å²) in [5.74, 6) is 0.872. The van der Waals surface area contributed by atoms with E-state index in [1.54, 1.807) is 0 Å². The zero-order valence-corrected chi connectivity index (χ0v) is 10.6. The second-order valence-electron chi connectivity index (χ2n) is 5.05. The molecule has 0 atom stereocenters. The Morgan fingerprint density at radius 1 is 1.22 bits per heavy atom. The van der Waals surface area contributed by atoms with E-state index in [0.717, 1.165) is 23.7 Å². The van der Waals surface area contributed by atoms with E-state index in [9.17, 15) is 0 Å². The first-order chi connectivity index (χ1) is 8.93. The van der Waals surface area contributed by atoms with Crippen molar-refractivity contribution in [3.8, 4) is 0 Å². The zero-order chi connectivity index (χ0) is 12.2. The van der Waals surface area contributed by atoms with E-state index in [-0.39, 0.29) is 0 Å². The van der Waals surface area contributed by atoms with Gasteiger partial charge in [-0.3, -0.25) is 0 Å². The summed E-state index contributed by atoms with van der Waals surface area (Å²) in [5.41, 5.74) is 2.08. The maximum Gasteiger partial charge on any atom is 0.136 e. The topological polar surface area (TPSA) is 37.2 Å².